The minimum absolute atomic E-state index is 0.115. The number of anilines is 6. The Kier molecular flexibility index (Phi) is 10.7. The summed E-state index contributed by atoms with van der Waals surface area (Å²) in [5, 5.41) is 9.04. The topological polar surface area (TPSA) is 124 Å². The summed E-state index contributed by atoms with van der Waals surface area (Å²) >= 11 is 12.8. The number of methoxy groups -OCH3 is 2. The van der Waals surface area contributed by atoms with Gasteiger partial charge in [-0.05, 0) is 51.2 Å². The Hall–Kier alpha value is -4.26. The molecule has 1 saturated heterocycles. The molecule has 12 nitrogen and oxygen atoms in total. The second-order valence-corrected chi connectivity index (χ2v) is 11.0. The maximum absolute atomic E-state index is 13.2. The quantitative estimate of drug-likeness (QED) is 0.233. The van der Waals surface area contributed by atoms with E-state index in [0.717, 1.165) is 31.6 Å². The van der Waals surface area contributed by atoms with E-state index in [1.54, 1.807) is 6.07 Å². The molecule has 1 fully saturated rings. The summed E-state index contributed by atoms with van der Waals surface area (Å²) in [6.07, 6.45) is 4.64. The lowest BCUT2D eigenvalue weighted by molar-refractivity contribution is -0.111. The molecule has 3 amide bonds. The van der Waals surface area contributed by atoms with Gasteiger partial charge >= 0.3 is 6.03 Å². The molecule has 1 aliphatic rings. The normalized spacial score (nSPS) is 13.3. The zero-order valence-corrected chi connectivity index (χ0v) is 26.8. The molecule has 0 aliphatic carbocycles. The number of piperidine rings is 1. The van der Waals surface area contributed by atoms with Crippen LogP contribution in [0.15, 0.2) is 49.3 Å². The lowest BCUT2D eigenvalue weighted by atomic mass is 10.0. The van der Waals surface area contributed by atoms with Crippen molar-refractivity contribution >= 4 is 69.5 Å². The van der Waals surface area contributed by atoms with E-state index in [1.165, 1.54) is 44.6 Å². The van der Waals surface area contributed by atoms with Crippen LogP contribution >= 0.6 is 23.2 Å². The number of hydrogen-bond donors (Lipinski definition) is 3. The molecule has 0 saturated carbocycles. The van der Waals surface area contributed by atoms with Gasteiger partial charge in [0.05, 0.1) is 31.3 Å². The number of hydrogen-bond acceptors (Lipinski definition) is 9. The minimum atomic E-state index is -0.574. The summed E-state index contributed by atoms with van der Waals surface area (Å²) in [7, 11) is 8.63. The minimum Gasteiger partial charge on any atom is -0.495 e. The summed E-state index contributed by atoms with van der Waals surface area (Å²) in [5.74, 6) is 0.884. The second kappa shape index (κ2) is 14.5. The molecule has 0 spiro atoms. The van der Waals surface area contributed by atoms with Crippen molar-refractivity contribution in [3.63, 3.8) is 0 Å². The number of nitrogens with zero attached hydrogens (tertiary/aromatic N) is 5. The van der Waals surface area contributed by atoms with Gasteiger partial charge in [0, 0.05) is 44.0 Å². The van der Waals surface area contributed by atoms with Gasteiger partial charge in [-0.25, -0.2) is 14.8 Å². The average molecular weight is 644 g/mol. The Labute approximate surface area is 266 Å². The molecule has 0 radical (unpaired) electrons. The first-order valence-electron chi connectivity index (χ1n) is 13.8. The van der Waals surface area contributed by atoms with Crippen LogP contribution in [-0.4, -0.2) is 81.3 Å². The van der Waals surface area contributed by atoms with Crippen LogP contribution in [0, 0.1) is 0 Å². The Bertz CT molecular complexity index is 1500. The molecular weight excluding hydrogens is 607 g/mol. The summed E-state index contributed by atoms with van der Waals surface area (Å²) < 4.78 is 10.6. The number of nitrogens with one attached hydrogen (secondary N) is 3. The number of aromatic nitrogens is 2. The third-order valence-corrected chi connectivity index (χ3v) is 8.13. The van der Waals surface area contributed by atoms with Crippen LogP contribution in [-0.2, 0) is 4.79 Å². The average Bonchev–Trinajstić information content (AvgIpc) is 3.03. The van der Waals surface area contributed by atoms with Crippen LogP contribution in [0.5, 0.6) is 11.5 Å². The van der Waals surface area contributed by atoms with E-state index in [-0.39, 0.29) is 39.0 Å². The van der Waals surface area contributed by atoms with Gasteiger partial charge in [-0.2, -0.15) is 0 Å². The monoisotopic (exact) mass is 642 g/mol. The highest BCUT2D eigenvalue weighted by atomic mass is 35.5. The van der Waals surface area contributed by atoms with Gasteiger partial charge in [0.1, 0.15) is 39.5 Å². The predicted octanol–water partition coefficient (Wildman–Crippen LogP) is 5.87. The highest BCUT2D eigenvalue weighted by molar-refractivity contribution is 6.41. The predicted molar refractivity (Wildman–Crippen MR) is 176 cm³/mol. The molecule has 2 heterocycles. The first kappa shape index (κ1) is 32.6. The van der Waals surface area contributed by atoms with Gasteiger partial charge in [0.2, 0.25) is 5.91 Å². The molecule has 234 valence electrons. The SMILES string of the molecule is C=CC(=O)Nc1cc(N2CCC(N(C)C)CC2)ccc1Nc1cc(N(C)C(=O)Nc2c(Cl)c(OC)cc(OC)c2Cl)ncn1. The number of carbonyl (C=O) groups is 2. The van der Waals surface area contributed by atoms with Crippen LogP contribution < -0.4 is 35.2 Å². The Morgan fingerprint density at radius 2 is 1.64 bits per heavy atom. The Morgan fingerprint density at radius 1 is 0.977 bits per heavy atom. The second-order valence-electron chi connectivity index (χ2n) is 10.3. The molecule has 44 heavy (non-hydrogen) atoms. The van der Waals surface area contributed by atoms with Crippen molar-refractivity contribution < 1.29 is 19.1 Å². The standard InChI is InChI=1S/C30H36Cl2N8O4/c1-7-26(41)36-21-14-19(40-12-10-18(11-13-40)38(2)3)8-9-20(21)35-24-16-25(34-17-33-24)39(4)30(42)37-29-27(31)22(43-5)15-23(44-6)28(29)32/h7-9,14-18H,1,10-13H2,2-6H3,(H,36,41)(H,37,42)(H,33,34,35). The van der Waals surface area contributed by atoms with Gasteiger partial charge < -0.3 is 35.2 Å². The molecule has 0 atom stereocenters. The molecule has 4 rings (SSSR count). The number of ether oxygens (including phenoxy) is 2. The molecule has 2 aromatic carbocycles. The van der Waals surface area contributed by atoms with Crippen molar-refractivity contribution in [1.29, 1.82) is 0 Å². The van der Waals surface area contributed by atoms with Crippen LogP contribution in [0.2, 0.25) is 10.0 Å². The van der Waals surface area contributed by atoms with E-state index in [1.807, 2.05) is 18.2 Å². The number of urea groups is 1. The lowest BCUT2D eigenvalue weighted by Gasteiger charge is -2.36. The van der Waals surface area contributed by atoms with Gasteiger partial charge in [-0.3, -0.25) is 9.69 Å². The van der Waals surface area contributed by atoms with Gasteiger partial charge in [-0.15, -0.1) is 0 Å². The molecule has 1 aliphatic heterocycles. The van der Waals surface area contributed by atoms with Crippen molar-refractivity contribution in [1.82, 2.24) is 14.9 Å². The maximum Gasteiger partial charge on any atom is 0.327 e. The lowest BCUT2D eigenvalue weighted by Crippen LogP contribution is -2.42. The number of benzene rings is 2. The van der Waals surface area contributed by atoms with Gasteiger partial charge in [0.15, 0.2) is 0 Å². The molecular formula is C30H36Cl2N8O4. The molecule has 14 heteroatoms. The van der Waals surface area contributed by atoms with E-state index in [9.17, 15) is 9.59 Å². The molecule has 0 bridgehead atoms. The van der Waals surface area contributed by atoms with E-state index < -0.39 is 6.03 Å². The van der Waals surface area contributed by atoms with E-state index in [0.29, 0.717) is 23.2 Å². The molecule has 0 unspecified atom stereocenters. The number of rotatable bonds is 10. The molecule has 3 aromatic rings. The summed E-state index contributed by atoms with van der Waals surface area (Å²) in [4.78, 5) is 39.9. The third kappa shape index (κ3) is 7.44. The first-order chi connectivity index (χ1) is 21.1. The van der Waals surface area contributed by atoms with Crippen LogP contribution in [0.4, 0.5) is 39.2 Å². The van der Waals surface area contributed by atoms with E-state index in [2.05, 4.69) is 56.4 Å². The highest BCUT2D eigenvalue weighted by Gasteiger charge is 2.23. The Morgan fingerprint density at radius 3 is 2.23 bits per heavy atom. The Balaban J connectivity index is 1.54. The number of amides is 3. The molecule has 3 N–H and O–H groups in total. The van der Waals surface area contributed by atoms with Gasteiger partial charge in [-0.1, -0.05) is 29.8 Å². The summed E-state index contributed by atoms with van der Waals surface area (Å²) in [6, 6.07) is 8.90. The van der Waals surface area contributed by atoms with Crippen molar-refractivity contribution in [2.45, 2.75) is 18.9 Å². The fourth-order valence-electron chi connectivity index (χ4n) is 4.79. The fraction of sp³-hybridized carbons (Fsp3) is 0.333. The van der Waals surface area contributed by atoms with Crippen molar-refractivity contribution in [2.24, 2.45) is 0 Å². The fourth-order valence-corrected chi connectivity index (χ4v) is 5.39. The van der Waals surface area contributed by atoms with E-state index in [4.69, 9.17) is 32.7 Å². The largest absolute Gasteiger partial charge is 0.495 e. The zero-order valence-electron chi connectivity index (χ0n) is 25.3. The summed E-state index contributed by atoms with van der Waals surface area (Å²) in [5.41, 5.74) is 2.29. The van der Waals surface area contributed by atoms with Crippen molar-refractivity contribution in [3.8, 4) is 11.5 Å². The molecule has 1 aromatic heterocycles. The van der Waals surface area contributed by atoms with Crippen molar-refractivity contribution in [2.75, 3.05) is 74.2 Å². The van der Waals surface area contributed by atoms with E-state index >= 15 is 0 Å². The van der Waals surface area contributed by atoms with Crippen LogP contribution in [0.1, 0.15) is 12.8 Å². The number of halogens is 2. The van der Waals surface area contributed by atoms with Crippen molar-refractivity contribution in [3.05, 3.63) is 59.4 Å². The maximum atomic E-state index is 13.2. The third-order valence-electron chi connectivity index (χ3n) is 7.38. The first-order valence-corrected chi connectivity index (χ1v) is 14.5. The highest BCUT2D eigenvalue weighted by Crippen LogP contribution is 2.44. The number of carbonyl (C=O) groups excluding carboxylic acids is 2. The summed E-state index contributed by atoms with van der Waals surface area (Å²) in [6.45, 7) is 5.39. The van der Waals surface area contributed by atoms with Gasteiger partial charge in [0.25, 0.3) is 0 Å². The zero-order chi connectivity index (χ0) is 32.0. The van der Waals surface area contributed by atoms with Crippen LogP contribution in [0.3, 0.4) is 0 Å². The smallest absolute Gasteiger partial charge is 0.327 e. The van der Waals surface area contributed by atoms with Crippen LogP contribution in [0.25, 0.3) is 0 Å².